The molecule has 3 aromatic rings. The van der Waals surface area contributed by atoms with Crippen LogP contribution in [0.2, 0.25) is 0 Å². The summed E-state index contributed by atoms with van der Waals surface area (Å²) in [6, 6.07) is 8.29. The average molecular weight is 449 g/mol. The summed E-state index contributed by atoms with van der Waals surface area (Å²) < 4.78 is 66.8. The first-order valence-corrected chi connectivity index (χ1v) is 9.34. The number of hydrogen-bond acceptors (Lipinski definition) is 4. The lowest BCUT2D eigenvalue weighted by atomic mass is 10.1. The van der Waals surface area contributed by atoms with E-state index in [1.165, 1.54) is 60.9 Å². The molecule has 0 radical (unpaired) electrons. The second kappa shape index (κ2) is 8.08. The van der Waals surface area contributed by atoms with Crippen molar-refractivity contribution in [3.05, 3.63) is 72.2 Å². The van der Waals surface area contributed by atoms with E-state index in [9.17, 15) is 26.7 Å². The van der Waals surface area contributed by atoms with E-state index in [0.717, 1.165) is 4.90 Å². The van der Waals surface area contributed by atoms with Crippen LogP contribution in [-0.4, -0.2) is 32.6 Å². The Balaban J connectivity index is 1.72. The van der Waals surface area contributed by atoms with Crippen LogP contribution in [0.3, 0.4) is 0 Å². The quantitative estimate of drug-likeness (QED) is 0.585. The van der Waals surface area contributed by atoms with E-state index >= 15 is 0 Å². The lowest BCUT2D eigenvalue weighted by Crippen LogP contribution is -2.50. The molecule has 166 valence electrons. The van der Waals surface area contributed by atoms with Crippen molar-refractivity contribution in [2.45, 2.75) is 18.8 Å². The summed E-state index contributed by atoms with van der Waals surface area (Å²) in [6.07, 6.45) is -2.34. The maximum absolute atomic E-state index is 13.4. The fourth-order valence-electron chi connectivity index (χ4n) is 3.17. The molecule has 1 atom stereocenters. The molecule has 11 heteroatoms. The Morgan fingerprint density at radius 3 is 2.19 bits per heavy atom. The van der Waals surface area contributed by atoms with E-state index in [0.29, 0.717) is 22.8 Å². The van der Waals surface area contributed by atoms with Crippen molar-refractivity contribution < 1.29 is 26.7 Å². The average Bonchev–Trinajstić information content (AvgIpc) is 3.11. The molecule has 0 saturated heterocycles. The van der Waals surface area contributed by atoms with Gasteiger partial charge in [-0.15, -0.1) is 0 Å². The number of imidazole rings is 1. The van der Waals surface area contributed by atoms with Crippen molar-refractivity contribution in [2.24, 2.45) is 5.73 Å². The van der Waals surface area contributed by atoms with Gasteiger partial charge < -0.3 is 16.0 Å². The highest BCUT2D eigenvalue weighted by Gasteiger charge is 2.44. The molecule has 1 amide bonds. The number of amides is 1. The lowest BCUT2D eigenvalue weighted by molar-refractivity contribution is -0.168. The number of rotatable bonds is 4. The molecular formula is C21H16F5N5O. The molecule has 0 saturated carbocycles. The van der Waals surface area contributed by atoms with Crippen LogP contribution in [0.5, 0.6) is 0 Å². The standard InChI is InChI=1S/C21H16F5N5O/c22-13-3-1-12(2-4-13)17-19(28-15-7-5-14(23)6-8-15)31-10-9-30(11-16(31)29-17)20(32)18(27)21(24,25)26/h1-10,18,28H,11,27H2. The Kier molecular flexibility index (Phi) is 5.43. The second-order valence-corrected chi connectivity index (χ2v) is 7.02. The highest BCUT2D eigenvalue weighted by atomic mass is 19.4. The number of aromatic nitrogens is 2. The molecule has 3 N–H and O–H groups in total. The number of hydrogen-bond donors (Lipinski definition) is 2. The highest BCUT2D eigenvalue weighted by molar-refractivity contribution is 5.85. The molecule has 1 unspecified atom stereocenters. The van der Waals surface area contributed by atoms with Crippen LogP contribution in [0.1, 0.15) is 5.82 Å². The summed E-state index contributed by atoms with van der Waals surface area (Å²) in [5.41, 5.74) is 6.45. The Labute approximate surface area is 178 Å². The molecule has 6 nitrogen and oxygen atoms in total. The normalized spacial score (nSPS) is 14.2. The third-order valence-electron chi connectivity index (χ3n) is 4.82. The number of carbonyl (C=O) groups is 1. The molecule has 0 fully saturated rings. The fourth-order valence-corrected chi connectivity index (χ4v) is 3.17. The molecule has 1 aliphatic heterocycles. The summed E-state index contributed by atoms with van der Waals surface area (Å²) in [5.74, 6) is -1.55. The maximum atomic E-state index is 13.4. The Bertz CT molecular complexity index is 1170. The van der Waals surface area contributed by atoms with E-state index in [2.05, 4.69) is 10.3 Å². The number of carbonyl (C=O) groups excluding carboxylic acids is 1. The molecule has 32 heavy (non-hydrogen) atoms. The van der Waals surface area contributed by atoms with Crippen LogP contribution in [0, 0.1) is 11.6 Å². The molecule has 4 rings (SSSR count). The van der Waals surface area contributed by atoms with Crippen molar-refractivity contribution in [3.8, 4) is 11.3 Å². The maximum Gasteiger partial charge on any atom is 0.412 e. The highest BCUT2D eigenvalue weighted by Crippen LogP contribution is 2.34. The number of anilines is 2. The second-order valence-electron chi connectivity index (χ2n) is 7.02. The first-order chi connectivity index (χ1) is 15.1. The van der Waals surface area contributed by atoms with Gasteiger partial charge in [0.1, 0.15) is 29.0 Å². The third-order valence-corrected chi connectivity index (χ3v) is 4.82. The lowest BCUT2D eigenvalue weighted by Gasteiger charge is -2.26. The predicted octanol–water partition coefficient (Wildman–Crippen LogP) is 4.23. The van der Waals surface area contributed by atoms with E-state index in [4.69, 9.17) is 5.73 Å². The van der Waals surface area contributed by atoms with Gasteiger partial charge in [0.05, 0.1) is 6.54 Å². The van der Waals surface area contributed by atoms with Crippen molar-refractivity contribution >= 4 is 23.6 Å². The summed E-state index contributed by atoms with van der Waals surface area (Å²) in [4.78, 5) is 17.5. The van der Waals surface area contributed by atoms with E-state index in [1.54, 1.807) is 4.57 Å². The van der Waals surface area contributed by atoms with Crippen LogP contribution in [-0.2, 0) is 11.3 Å². The molecule has 1 aromatic heterocycles. The van der Waals surface area contributed by atoms with Crippen molar-refractivity contribution in [1.82, 2.24) is 14.5 Å². The van der Waals surface area contributed by atoms with Gasteiger partial charge in [0.2, 0.25) is 0 Å². The van der Waals surface area contributed by atoms with Gasteiger partial charge in [0.15, 0.2) is 6.04 Å². The summed E-state index contributed by atoms with van der Waals surface area (Å²) in [7, 11) is 0. The van der Waals surface area contributed by atoms with Crippen LogP contribution < -0.4 is 11.1 Å². The zero-order chi connectivity index (χ0) is 23.0. The van der Waals surface area contributed by atoms with Crippen molar-refractivity contribution in [2.75, 3.05) is 5.32 Å². The van der Waals surface area contributed by atoms with Gasteiger partial charge in [-0.2, -0.15) is 13.2 Å². The number of nitrogens with one attached hydrogen (secondary N) is 1. The monoisotopic (exact) mass is 449 g/mol. The number of alkyl halides is 3. The Hall–Kier alpha value is -3.73. The molecular weight excluding hydrogens is 433 g/mol. The van der Waals surface area contributed by atoms with Crippen LogP contribution in [0.15, 0.2) is 54.7 Å². The SMILES string of the molecule is NC(C(=O)N1C=Cn2c(nc(-c3ccc(F)cc3)c2Nc2ccc(F)cc2)C1)C(F)(F)F. The first-order valence-electron chi connectivity index (χ1n) is 9.34. The Morgan fingerprint density at radius 2 is 1.59 bits per heavy atom. The first kappa shape index (κ1) is 21.5. The van der Waals surface area contributed by atoms with Gasteiger partial charge in [-0.25, -0.2) is 13.8 Å². The molecule has 0 aliphatic carbocycles. The molecule has 0 bridgehead atoms. The minimum atomic E-state index is -4.88. The van der Waals surface area contributed by atoms with Gasteiger partial charge >= 0.3 is 6.18 Å². The van der Waals surface area contributed by atoms with Gasteiger partial charge in [-0.1, -0.05) is 0 Å². The summed E-state index contributed by atoms with van der Waals surface area (Å²) >= 11 is 0. The van der Waals surface area contributed by atoms with Crippen LogP contribution in [0.4, 0.5) is 33.5 Å². The minimum absolute atomic E-state index is 0.249. The van der Waals surface area contributed by atoms with Gasteiger partial charge in [-0.3, -0.25) is 9.36 Å². The zero-order valence-electron chi connectivity index (χ0n) is 16.3. The molecule has 0 spiro atoms. The van der Waals surface area contributed by atoms with E-state index in [1.807, 2.05) is 0 Å². The Morgan fingerprint density at radius 1 is 1.00 bits per heavy atom. The minimum Gasteiger partial charge on any atom is -0.339 e. The number of fused-ring (bicyclic) bond motifs is 1. The van der Waals surface area contributed by atoms with Gasteiger partial charge in [-0.05, 0) is 48.5 Å². The zero-order valence-corrected chi connectivity index (χ0v) is 16.3. The third kappa shape index (κ3) is 4.19. The fraction of sp³-hybridized carbons (Fsp3) is 0.143. The molecule has 2 aromatic carbocycles. The van der Waals surface area contributed by atoms with Crippen LogP contribution in [0.25, 0.3) is 17.5 Å². The van der Waals surface area contributed by atoms with Gasteiger partial charge in [0.25, 0.3) is 5.91 Å². The number of nitrogens with two attached hydrogens (primary N) is 1. The van der Waals surface area contributed by atoms with Crippen LogP contribution >= 0.6 is 0 Å². The summed E-state index contributed by atoms with van der Waals surface area (Å²) in [5, 5.41) is 3.09. The largest absolute Gasteiger partial charge is 0.412 e. The van der Waals surface area contributed by atoms with Gasteiger partial charge in [0, 0.05) is 23.7 Å². The van der Waals surface area contributed by atoms with E-state index < -0.39 is 29.8 Å². The summed E-state index contributed by atoms with van der Waals surface area (Å²) in [6.45, 7) is -0.265. The molecule has 2 heterocycles. The van der Waals surface area contributed by atoms with E-state index in [-0.39, 0.29) is 12.4 Å². The molecule has 1 aliphatic rings. The number of benzene rings is 2. The predicted molar refractivity (Wildman–Crippen MR) is 107 cm³/mol. The number of halogens is 5. The number of nitrogens with zero attached hydrogens (tertiary/aromatic N) is 3. The topological polar surface area (TPSA) is 76.2 Å². The van der Waals surface area contributed by atoms with Crippen molar-refractivity contribution in [3.63, 3.8) is 0 Å². The van der Waals surface area contributed by atoms with Crippen molar-refractivity contribution in [1.29, 1.82) is 0 Å². The smallest absolute Gasteiger partial charge is 0.339 e.